The Balaban J connectivity index is 2.36. The zero-order valence-corrected chi connectivity index (χ0v) is 6.56. The minimum Gasteiger partial charge on any atom is -0.317 e. The van der Waals surface area contributed by atoms with Crippen molar-refractivity contribution in [3.8, 4) is 0 Å². The lowest BCUT2D eigenvalue weighted by atomic mass is 9.86. The van der Waals surface area contributed by atoms with Crippen molar-refractivity contribution in [3.63, 3.8) is 0 Å². The van der Waals surface area contributed by atoms with Crippen LogP contribution in [-0.2, 0) is 0 Å². The number of halogens is 3. The monoisotopic (exact) mass is 183 g/mol. The van der Waals surface area contributed by atoms with Gasteiger partial charge in [-0.2, -0.15) is 13.2 Å². The molecule has 0 saturated heterocycles. The van der Waals surface area contributed by atoms with E-state index < -0.39 is 12.1 Å². The first-order valence-corrected chi connectivity index (χ1v) is 4.00. The summed E-state index contributed by atoms with van der Waals surface area (Å²) in [6.07, 6.45) is -2.99. The third kappa shape index (κ3) is 2.35. The van der Waals surface area contributed by atoms with Gasteiger partial charge in [-0.25, -0.2) is 5.48 Å². The third-order valence-corrected chi connectivity index (χ3v) is 2.37. The molecule has 0 aromatic heterocycles. The second-order valence-electron chi connectivity index (χ2n) is 3.22. The number of alkyl halides is 3. The first kappa shape index (κ1) is 9.80. The summed E-state index contributed by atoms with van der Waals surface area (Å²) in [5.74, 6) is -1.16. The molecule has 1 saturated carbocycles. The van der Waals surface area contributed by atoms with E-state index >= 15 is 0 Å². The van der Waals surface area contributed by atoms with Crippen LogP contribution in [0.2, 0.25) is 0 Å². The van der Waals surface area contributed by atoms with Gasteiger partial charge in [-0.15, -0.1) is 0 Å². The highest BCUT2D eigenvalue weighted by Gasteiger charge is 2.41. The van der Waals surface area contributed by atoms with Gasteiger partial charge in [0.05, 0.1) is 5.92 Å². The zero-order valence-electron chi connectivity index (χ0n) is 6.56. The molecular weight excluding hydrogens is 171 g/mol. The van der Waals surface area contributed by atoms with E-state index in [1.807, 2.05) is 5.48 Å². The van der Waals surface area contributed by atoms with E-state index in [-0.39, 0.29) is 18.9 Å². The third-order valence-electron chi connectivity index (χ3n) is 2.37. The lowest BCUT2D eigenvalue weighted by Crippen LogP contribution is -2.35. The predicted octanol–water partition coefficient (Wildman–Crippen LogP) is 2.09. The Hall–Kier alpha value is -0.290. The Morgan fingerprint density at radius 3 is 1.92 bits per heavy atom. The quantitative estimate of drug-likeness (QED) is 0.610. The van der Waals surface area contributed by atoms with E-state index in [4.69, 9.17) is 5.21 Å². The minimum atomic E-state index is -4.06. The lowest BCUT2D eigenvalue weighted by molar-refractivity contribution is -0.184. The first-order chi connectivity index (χ1) is 5.54. The van der Waals surface area contributed by atoms with Gasteiger partial charge in [0.1, 0.15) is 0 Å². The number of rotatable bonds is 1. The van der Waals surface area contributed by atoms with Crippen LogP contribution in [0.5, 0.6) is 0 Å². The molecule has 0 amide bonds. The van der Waals surface area contributed by atoms with Crippen molar-refractivity contribution in [1.82, 2.24) is 5.48 Å². The topological polar surface area (TPSA) is 32.3 Å². The average Bonchev–Trinajstić information content (AvgIpc) is 2.03. The van der Waals surface area contributed by atoms with Crippen LogP contribution in [0.25, 0.3) is 0 Å². The zero-order chi connectivity index (χ0) is 9.19. The fourth-order valence-corrected chi connectivity index (χ4v) is 1.55. The molecule has 12 heavy (non-hydrogen) atoms. The van der Waals surface area contributed by atoms with Gasteiger partial charge in [-0.3, -0.25) is 0 Å². The highest BCUT2D eigenvalue weighted by molar-refractivity contribution is 4.78. The fourth-order valence-electron chi connectivity index (χ4n) is 1.55. The Kier molecular flexibility index (Phi) is 2.95. The van der Waals surface area contributed by atoms with Gasteiger partial charge in [0, 0.05) is 6.04 Å². The standard InChI is InChI=1S/C7H12F3NO/c8-7(9,10)5-1-3-6(11-12)4-2-5/h5-6,11-12H,1-4H2. The minimum absolute atomic E-state index is 0.127. The maximum absolute atomic E-state index is 12.1. The maximum Gasteiger partial charge on any atom is 0.391 e. The van der Waals surface area contributed by atoms with Crippen LogP contribution in [-0.4, -0.2) is 17.4 Å². The molecule has 0 aromatic carbocycles. The second kappa shape index (κ2) is 3.62. The molecule has 2 nitrogen and oxygen atoms in total. The molecule has 0 bridgehead atoms. The molecule has 0 aromatic rings. The summed E-state index contributed by atoms with van der Waals surface area (Å²) in [5, 5.41) is 8.45. The number of hydrogen-bond donors (Lipinski definition) is 2. The van der Waals surface area contributed by atoms with Gasteiger partial charge in [-0.05, 0) is 25.7 Å². The van der Waals surface area contributed by atoms with E-state index in [9.17, 15) is 13.2 Å². The molecule has 0 unspecified atom stereocenters. The molecular formula is C7H12F3NO. The molecule has 1 fully saturated rings. The van der Waals surface area contributed by atoms with Crippen LogP contribution in [0.1, 0.15) is 25.7 Å². The van der Waals surface area contributed by atoms with Gasteiger partial charge in [0.2, 0.25) is 0 Å². The van der Waals surface area contributed by atoms with Crippen LogP contribution < -0.4 is 5.48 Å². The van der Waals surface area contributed by atoms with Crippen LogP contribution in [0.3, 0.4) is 0 Å². The van der Waals surface area contributed by atoms with Crippen molar-refractivity contribution >= 4 is 0 Å². The Labute approximate surface area is 68.7 Å². The van der Waals surface area contributed by atoms with E-state index in [1.54, 1.807) is 0 Å². The summed E-state index contributed by atoms with van der Waals surface area (Å²) in [7, 11) is 0. The van der Waals surface area contributed by atoms with Crippen molar-refractivity contribution in [1.29, 1.82) is 0 Å². The molecule has 1 rings (SSSR count). The molecule has 2 N–H and O–H groups in total. The summed E-state index contributed by atoms with van der Waals surface area (Å²) in [6, 6.07) is -0.149. The molecule has 0 atom stereocenters. The van der Waals surface area contributed by atoms with Gasteiger partial charge in [0.15, 0.2) is 0 Å². The fraction of sp³-hybridized carbons (Fsp3) is 1.00. The van der Waals surface area contributed by atoms with Crippen molar-refractivity contribution < 1.29 is 18.4 Å². The summed E-state index contributed by atoms with van der Waals surface area (Å²) < 4.78 is 36.3. The van der Waals surface area contributed by atoms with E-state index in [0.29, 0.717) is 12.8 Å². The molecule has 0 heterocycles. The van der Waals surface area contributed by atoms with E-state index in [2.05, 4.69) is 0 Å². The van der Waals surface area contributed by atoms with Gasteiger partial charge in [-0.1, -0.05) is 0 Å². The second-order valence-corrected chi connectivity index (χ2v) is 3.22. The largest absolute Gasteiger partial charge is 0.391 e. The van der Waals surface area contributed by atoms with Crippen molar-refractivity contribution in [3.05, 3.63) is 0 Å². The highest BCUT2D eigenvalue weighted by Crippen LogP contribution is 2.37. The SMILES string of the molecule is ONC1CCC(C(F)(F)F)CC1. The van der Waals surface area contributed by atoms with Crippen LogP contribution in [0.4, 0.5) is 13.2 Å². The Morgan fingerprint density at radius 2 is 1.58 bits per heavy atom. The summed E-state index contributed by atoms with van der Waals surface area (Å²) in [5.41, 5.74) is 2.01. The van der Waals surface area contributed by atoms with Gasteiger partial charge in [0.25, 0.3) is 0 Å². The van der Waals surface area contributed by atoms with Crippen LogP contribution in [0, 0.1) is 5.92 Å². The summed E-state index contributed by atoms with van der Waals surface area (Å²) in [4.78, 5) is 0. The number of hydrogen-bond acceptors (Lipinski definition) is 2. The lowest BCUT2D eigenvalue weighted by Gasteiger charge is -2.28. The Morgan fingerprint density at radius 1 is 1.08 bits per heavy atom. The number of nitrogens with one attached hydrogen (secondary N) is 1. The predicted molar refractivity (Wildman–Crippen MR) is 36.7 cm³/mol. The molecule has 1 aliphatic rings. The van der Waals surface area contributed by atoms with Crippen molar-refractivity contribution in [2.45, 2.75) is 37.9 Å². The van der Waals surface area contributed by atoms with Crippen LogP contribution >= 0.6 is 0 Å². The van der Waals surface area contributed by atoms with Gasteiger partial charge < -0.3 is 5.21 Å². The molecule has 5 heteroatoms. The van der Waals surface area contributed by atoms with Crippen molar-refractivity contribution in [2.24, 2.45) is 5.92 Å². The first-order valence-electron chi connectivity index (χ1n) is 4.00. The smallest absolute Gasteiger partial charge is 0.317 e. The molecule has 72 valence electrons. The maximum atomic E-state index is 12.1. The molecule has 1 aliphatic carbocycles. The molecule has 0 aliphatic heterocycles. The summed E-state index contributed by atoms with van der Waals surface area (Å²) in [6.45, 7) is 0. The highest BCUT2D eigenvalue weighted by atomic mass is 19.4. The van der Waals surface area contributed by atoms with E-state index in [1.165, 1.54) is 0 Å². The Bertz CT molecular complexity index is 140. The average molecular weight is 183 g/mol. The van der Waals surface area contributed by atoms with E-state index in [0.717, 1.165) is 0 Å². The van der Waals surface area contributed by atoms with Crippen LogP contribution in [0.15, 0.2) is 0 Å². The molecule has 0 radical (unpaired) electrons. The van der Waals surface area contributed by atoms with Crippen molar-refractivity contribution in [2.75, 3.05) is 0 Å². The molecule has 0 spiro atoms. The number of hydroxylamine groups is 1. The normalized spacial score (nSPS) is 32.0. The summed E-state index contributed by atoms with van der Waals surface area (Å²) >= 11 is 0. The van der Waals surface area contributed by atoms with Gasteiger partial charge >= 0.3 is 6.18 Å².